The summed E-state index contributed by atoms with van der Waals surface area (Å²) >= 11 is 0. The van der Waals surface area contributed by atoms with Gasteiger partial charge in [0.15, 0.2) is 0 Å². The normalized spacial score (nSPS) is 9.65. The van der Waals surface area contributed by atoms with Crippen LogP contribution in [0.1, 0.15) is 5.56 Å². The molecule has 0 aliphatic carbocycles. The van der Waals surface area contributed by atoms with E-state index in [4.69, 9.17) is 6.42 Å². The van der Waals surface area contributed by atoms with Gasteiger partial charge in [0, 0.05) is 23.4 Å². The Morgan fingerprint density at radius 3 is 2.82 bits per heavy atom. The fourth-order valence-corrected chi connectivity index (χ4v) is 1.08. The zero-order valence-electron chi connectivity index (χ0n) is 9.27. The Balaban J connectivity index is 2.65. The van der Waals surface area contributed by atoms with Crippen LogP contribution in [0.3, 0.4) is 0 Å². The molecular formula is C13H11NO3. The average molecular weight is 229 g/mol. The van der Waals surface area contributed by atoms with Crippen molar-refractivity contribution in [3.8, 4) is 12.3 Å². The van der Waals surface area contributed by atoms with Crippen LogP contribution in [-0.2, 0) is 14.3 Å². The molecule has 4 nitrogen and oxygen atoms in total. The standard InChI is InChI=1S/C13H11NO3/c1-3-10-5-4-6-11(9-10)14-12(15)7-8-13(16)17-2/h1,4-9H,2H3,(H,14,15)/b8-7-. The number of amides is 1. The monoisotopic (exact) mass is 229 g/mol. The third kappa shape index (κ3) is 4.22. The zero-order chi connectivity index (χ0) is 12.7. The minimum Gasteiger partial charge on any atom is -0.466 e. The van der Waals surface area contributed by atoms with Crippen LogP contribution < -0.4 is 5.32 Å². The first-order chi connectivity index (χ1) is 8.15. The van der Waals surface area contributed by atoms with Crippen molar-refractivity contribution in [2.45, 2.75) is 0 Å². The zero-order valence-corrected chi connectivity index (χ0v) is 9.27. The second-order valence-corrected chi connectivity index (χ2v) is 3.07. The van der Waals surface area contributed by atoms with Gasteiger partial charge >= 0.3 is 5.97 Å². The van der Waals surface area contributed by atoms with Gasteiger partial charge in [-0.15, -0.1) is 6.42 Å². The quantitative estimate of drug-likeness (QED) is 0.483. The van der Waals surface area contributed by atoms with Gasteiger partial charge in [-0.25, -0.2) is 4.79 Å². The van der Waals surface area contributed by atoms with Crippen LogP contribution in [0.15, 0.2) is 36.4 Å². The highest BCUT2D eigenvalue weighted by atomic mass is 16.5. The first kappa shape index (κ1) is 12.5. The van der Waals surface area contributed by atoms with Crippen LogP contribution in [0.2, 0.25) is 0 Å². The molecule has 0 aliphatic heterocycles. The summed E-state index contributed by atoms with van der Waals surface area (Å²) in [4.78, 5) is 22.1. The van der Waals surface area contributed by atoms with E-state index in [1.54, 1.807) is 24.3 Å². The average Bonchev–Trinajstić information content (AvgIpc) is 2.36. The Morgan fingerprint density at radius 2 is 2.18 bits per heavy atom. The molecule has 0 unspecified atom stereocenters. The van der Waals surface area contributed by atoms with E-state index < -0.39 is 11.9 Å². The Bertz CT molecular complexity index is 498. The highest BCUT2D eigenvalue weighted by Gasteiger charge is 1.99. The number of anilines is 1. The molecule has 0 spiro atoms. The predicted molar refractivity (Wildman–Crippen MR) is 64.2 cm³/mol. The highest BCUT2D eigenvalue weighted by Crippen LogP contribution is 2.09. The van der Waals surface area contributed by atoms with Crippen LogP contribution in [0.5, 0.6) is 0 Å². The van der Waals surface area contributed by atoms with Gasteiger partial charge in [0.05, 0.1) is 7.11 Å². The summed E-state index contributed by atoms with van der Waals surface area (Å²) in [5.41, 5.74) is 1.24. The number of ether oxygens (including phenoxy) is 1. The number of methoxy groups -OCH3 is 1. The van der Waals surface area contributed by atoms with Crippen LogP contribution >= 0.6 is 0 Å². The summed E-state index contributed by atoms with van der Waals surface area (Å²) in [5, 5.41) is 2.57. The molecule has 1 rings (SSSR count). The molecule has 0 saturated heterocycles. The number of nitrogens with one attached hydrogen (secondary N) is 1. The number of terminal acetylenes is 1. The molecule has 86 valence electrons. The van der Waals surface area contributed by atoms with Crippen LogP contribution in [0.25, 0.3) is 0 Å². The molecule has 0 aromatic heterocycles. The lowest BCUT2D eigenvalue weighted by Gasteiger charge is -2.02. The van der Waals surface area contributed by atoms with Crippen molar-refractivity contribution >= 4 is 17.6 Å². The lowest BCUT2D eigenvalue weighted by molar-refractivity contribution is -0.135. The number of carbonyl (C=O) groups excluding carboxylic acids is 2. The molecule has 1 aromatic rings. The van der Waals surface area contributed by atoms with Gasteiger partial charge < -0.3 is 10.1 Å². The summed E-state index contributed by atoms with van der Waals surface area (Å²) in [6.07, 6.45) is 7.36. The van der Waals surface area contributed by atoms with Crippen molar-refractivity contribution in [2.75, 3.05) is 12.4 Å². The fourth-order valence-electron chi connectivity index (χ4n) is 1.08. The smallest absolute Gasteiger partial charge is 0.330 e. The third-order valence-electron chi connectivity index (χ3n) is 1.87. The molecule has 0 heterocycles. The van der Waals surface area contributed by atoms with E-state index in [2.05, 4.69) is 16.0 Å². The van der Waals surface area contributed by atoms with Gasteiger partial charge in [-0.3, -0.25) is 4.79 Å². The van der Waals surface area contributed by atoms with E-state index in [1.165, 1.54) is 7.11 Å². The van der Waals surface area contributed by atoms with E-state index in [9.17, 15) is 9.59 Å². The van der Waals surface area contributed by atoms with E-state index in [-0.39, 0.29) is 0 Å². The summed E-state index contributed by atoms with van der Waals surface area (Å²) < 4.78 is 4.36. The van der Waals surface area contributed by atoms with Crippen molar-refractivity contribution in [2.24, 2.45) is 0 Å². The van der Waals surface area contributed by atoms with Crippen LogP contribution in [-0.4, -0.2) is 19.0 Å². The molecule has 1 N–H and O–H groups in total. The Kier molecular flexibility index (Phi) is 4.52. The fraction of sp³-hybridized carbons (Fsp3) is 0.0769. The molecule has 1 amide bonds. The number of hydrogen-bond acceptors (Lipinski definition) is 3. The number of rotatable bonds is 3. The van der Waals surface area contributed by atoms with E-state index in [0.29, 0.717) is 11.3 Å². The van der Waals surface area contributed by atoms with Crippen molar-refractivity contribution in [1.82, 2.24) is 0 Å². The maximum Gasteiger partial charge on any atom is 0.330 e. The second kappa shape index (κ2) is 6.13. The SMILES string of the molecule is C#Cc1cccc(NC(=O)/C=C\C(=O)OC)c1. The predicted octanol–water partition coefficient (Wildman–Crippen LogP) is 1.34. The van der Waals surface area contributed by atoms with Gasteiger partial charge in [0.1, 0.15) is 0 Å². The van der Waals surface area contributed by atoms with Gasteiger partial charge in [-0.2, -0.15) is 0 Å². The van der Waals surface area contributed by atoms with Crippen molar-refractivity contribution in [3.63, 3.8) is 0 Å². The largest absolute Gasteiger partial charge is 0.466 e. The molecule has 0 saturated carbocycles. The van der Waals surface area contributed by atoms with Crippen LogP contribution in [0.4, 0.5) is 5.69 Å². The Labute approximate surface area is 99.3 Å². The van der Waals surface area contributed by atoms with Gasteiger partial charge in [-0.05, 0) is 18.2 Å². The first-order valence-corrected chi connectivity index (χ1v) is 4.79. The Morgan fingerprint density at radius 1 is 1.41 bits per heavy atom. The minimum atomic E-state index is -0.586. The highest BCUT2D eigenvalue weighted by molar-refractivity contribution is 6.02. The maximum absolute atomic E-state index is 11.4. The van der Waals surface area contributed by atoms with Crippen molar-refractivity contribution < 1.29 is 14.3 Å². The lowest BCUT2D eigenvalue weighted by Crippen LogP contribution is -2.09. The molecule has 0 radical (unpaired) electrons. The number of carbonyl (C=O) groups is 2. The summed E-state index contributed by atoms with van der Waals surface area (Å²) in [5.74, 6) is 1.44. The first-order valence-electron chi connectivity index (χ1n) is 4.79. The van der Waals surface area contributed by atoms with Gasteiger partial charge in [-0.1, -0.05) is 12.0 Å². The number of esters is 1. The van der Waals surface area contributed by atoms with Gasteiger partial charge in [0.2, 0.25) is 5.91 Å². The number of benzene rings is 1. The molecule has 0 atom stereocenters. The Hall–Kier alpha value is -2.54. The van der Waals surface area contributed by atoms with Crippen molar-refractivity contribution in [1.29, 1.82) is 0 Å². The lowest BCUT2D eigenvalue weighted by atomic mass is 10.2. The molecule has 0 bridgehead atoms. The van der Waals surface area contributed by atoms with E-state index in [0.717, 1.165) is 12.2 Å². The molecule has 4 heteroatoms. The van der Waals surface area contributed by atoms with E-state index in [1.807, 2.05) is 0 Å². The minimum absolute atomic E-state index is 0.426. The van der Waals surface area contributed by atoms with Crippen LogP contribution in [0, 0.1) is 12.3 Å². The van der Waals surface area contributed by atoms with E-state index >= 15 is 0 Å². The second-order valence-electron chi connectivity index (χ2n) is 3.07. The molecule has 1 aromatic carbocycles. The molecular weight excluding hydrogens is 218 g/mol. The van der Waals surface area contributed by atoms with Crippen molar-refractivity contribution in [3.05, 3.63) is 42.0 Å². The number of hydrogen-bond donors (Lipinski definition) is 1. The maximum atomic E-state index is 11.4. The summed E-state index contributed by atoms with van der Waals surface area (Å²) in [6.45, 7) is 0. The molecule has 0 aliphatic rings. The topological polar surface area (TPSA) is 55.4 Å². The summed E-state index contributed by atoms with van der Waals surface area (Å²) in [6, 6.07) is 6.84. The summed E-state index contributed by atoms with van der Waals surface area (Å²) in [7, 11) is 1.24. The molecule has 0 fully saturated rings. The third-order valence-corrected chi connectivity index (χ3v) is 1.87. The van der Waals surface area contributed by atoms with Gasteiger partial charge in [0.25, 0.3) is 0 Å². The molecule has 17 heavy (non-hydrogen) atoms.